The highest BCUT2D eigenvalue weighted by molar-refractivity contribution is 7.98. The van der Waals surface area contributed by atoms with E-state index in [1.807, 2.05) is 11.8 Å². The number of rotatable bonds is 6. The highest BCUT2D eigenvalue weighted by Crippen LogP contribution is 2.00. The molecular formula is C8H19NOS. The zero-order valence-corrected chi connectivity index (χ0v) is 8.45. The smallest absolute Gasteiger partial charge is 0.0471 e. The molecule has 0 heterocycles. The predicted octanol–water partition coefficient (Wildman–Crippen LogP) is 0.956. The third-order valence-electron chi connectivity index (χ3n) is 1.91. The predicted molar refractivity (Wildman–Crippen MR) is 52.1 cm³/mol. The lowest BCUT2D eigenvalue weighted by Gasteiger charge is -2.18. The Labute approximate surface area is 73.8 Å². The van der Waals surface area contributed by atoms with Gasteiger partial charge in [-0.3, -0.25) is 0 Å². The Morgan fingerprint density at radius 3 is 2.55 bits per heavy atom. The fourth-order valence-corrected chi connectivity index (χ4v) is 1.07. The highest BCUT2D eigenvalue weighted by Gasteiger charge is 2.08. The molecular weight excluding hydrogens is 158 g/mol. The topological polar surface area (TPSA) is 32.3 Å². The van der Waals surface area contributed by atoms with E-state index in [0.29, 0.717) is 12.0 Å². The Morgan fingerprint density at radius 2 is 2.09 bits per heavy atom. The van der Waals surface area contributed by atoms with Crippen molar-refractivity contribution in [1.29, 1.82) is 0 Å². The van der Waals surface area contributed by atoms with E-state index in [1.54, 1.807) is 0 Å². The first-order valence-electron chi connectivity index (χ1n) is 4.05. The van der Waals surface area contributed by atoms with Gasteiger partial charge in [0.2, 0.25) is 0 Å². The second kappa shape index (κ2) is 6.95. The summed E-state index contributed by atoms with van der Waals surface area (Å²) in [5.41, 5.74) is 0. The van der Waals surface area contributed by atoms with Gasteiger partial charge in [0.1, 0.15) is 0 Å². The second-order valence-corrected chi connectivity index (χ2v) is 3.88. The summed E-state index contributed by atoms with van der Waals surface area (Å²) in [7, 11) is 0. The molecule has 11 heavy (non-hydrogen) atoms. The minimum Gasteiger partial charge on any atom is -0.396 e. The third-order valence-corrected chi connectivity index (χ3v) is 2.53. The van der Waals surface area contributed by atoms with Crippen LogP contribution < -0.4 is 5.32 Å². The molecule has 0 aliphatic heterocycles. The first-order valence-corrected chi connectivity index (χ1v) is 5.45. The van der Waals surface area contributed by atoms with Crippen molar-refractivity contribution < 1.29 is 5.11 Å². The fourth-order valence-electron chi connectivity index (χ4n) is 0.748. The van der Waals surface area contributed by atoms with Crippen molar-refractivity contribution in [2.45, 2.75) is 19.9 Å². The number of hydrogen-bond acceptors (Lipinski definition) is 3. The monoisotopic (exact) mass is 177 g/mol. The van der Waals surface area contributed by atoms with Crippen molar-refractivity contribution >= 4 is 11.8 Å². The van der Waals surface area contributed by atoms with Gasteiger partial charge in [-0.25, -0.2) is 0 Å². The van der Waals surface area contributed by atoms with Gasteiger partial charge in [-0.05, 0) is 19.1 Å². The Morgan fingerprint density at radius 1 is 1.45 bits per heavy atom. The number of aliphatic hydroxyl groups is 1. The summed E-state index contributed by atoms with van der Waals surface area (Å²) in [6.07, 6.45) is 2.10. The van der Waals surface area contributed by atoms with Gasteiger partial charge in [-0.15, -0.1) is 0 Å². The van der Waals surface area contributed by atoms with E-state index in [1.165, 1.54) is 0 Å². The van der Waals surface area contributed by atoms with Crippen LogP contribution in [0.4, 0.5) is 0 Å². The molecule has 0 bridgehead atoms. The minimum absolute atomic E-state index is 0.271. The van der Waals surface area contributed by atoms with E-state index < -0.39 is 0 Å². The maximum Gasteiger partial charge on any atom is 0.0471 e. The molecule has 2 nitrogen and oxygen atoms in total. The van der Waals surface area contributed by atoms with Crippen LogP contribution in [0.1, 0.15) is 13.8 Å². The maximum absolute atomic E-state index is 8.82. The van der Waals surface area contributed by atoms with Crippen molar-refractivity contribution in [3.05, 3.63) is 0 Å². The van der Waals surface area contributed by atoms with Crippen LogP contribution in [0.25, 0.3) is 0 Å². The summed E-state index contributed by atoms with van der Waals surface area (Å²) in [6.45, 7) is 5.47. The maximum atomic E-state index is 8.82. The summed E-state index contributed by atoms with van der Waals surface area (Å²) in [5.74, 6) is 1.50. The molecule has 2 atom stereocenters. The standard InChI is InChI=1S/C8H19NOS/c1-7(6-10)8(2)9-4-5-11-3/h7-10H,4-6H2,1-3H3. The quantitative estimate of drug-likeness (QED) is 0.593. The summed E-state index contributed by atoms with van der Waals surface area (Å²) in [6, 6.07) is 0.423. The molecule has 3 heteroatoms. The van der Waals surface area contributed by atoms with Crippen LogP contribution >= 0.6 is 11.8 Å². The minimum atomic E-state index is 0.271. The van der Waals surface area contributed by atoms with Crippen LogP contribution in [-0.2, 0) is 0 Å². The molecule has 0 aromatic carbocycles. The molecule has 0 radical (unpaired) electrons. The van der Waals surface area contributed by atoms with Crippen LogP contribution in [0.15, 0.2) is 0 Å². The average molecular weight is 177 g/mol. The molecule has 0 amide bonds. The Bertz CT molecular complexity index is 90.2. The molecule has 0 aliphatic carbocycles. The largest absolute Gasteiger partial charge is 0.396 e. The van der Waals surface area contributed by atoms with Crippen LogP contribution in [-0.4, -0.2) is 36.3 Å². The molecule has 0 rings (SSSR count). The normalized spacial score (nSPS) is 16.4. The van der Waals surface area contributed by atoms with Gasteiger partial charge >= 0.3 is 0 Å². The van der Waals surface area contributed by atoms with Gasteiger partial charge in [0, 0.05) is 24.9 Å². The van der Waals surface area contributed by atoms with Crippen molar-refractivity contribution in [2.24, 2.45) is 5.92 Å². The average Bonchev–Trinajstić information content (AvgIpc) is 2.03. The lowest BCUT2D eigenvalue weighted by atomic mass is 10.1. The van der Waals surface area contributed by atoms with Gasteiger partial charge in [0.05, 0.1) is 0 Å². The molecule has 2 N–H and O–H groups in total. The van der Waals surface area contributed by atoms with Gasteiger partial charge in [-0.1, -0.05) is 6.92 Å². The first-order chi connectivity index (χ1) is 5.22. The van der Waals surface area contributed by atoms with Crippen LogP contribution in [0, 0.1) is 5.92 Å². The molecule has 68 valence electrons. The molecule has 0 fully saturated rings. The van der Waals surface area contributed by atoms with Crippen molar-refractivity contribution in [1.82, 2.24) is 5.32 Å². The SMILES string of the molecule is CSCCNC(C)C(C)CO. The molecule has 0 aliphatic rings. The number of nitrogens with one attached hydrogen (secondary N) is 1. The van der Waals surface area contributed by atoms with E-state index in [9.17, 15) is 0 Å². The zero-order chi connectivity index (χ0) is 8.69. The molecule has 0 aromatic rings. The third kappa shape index (κ3) is 5.53. The Kier molecular flexibility index (Phi) is 7.12. The molecule has 0 spiro atoms. The summed E-state index contributed by atoms with van der Waals surface area (Å²) >= 11 is 1.84. The number of hydrogen-bond donors (Lipinski definition) is 2. The van der Waals surface area contributed by atoms with E-state index in [-0.39, 0.29) is 6.61 Å². The lowest BCUT2D eigenvalue weighted by molar-refractivity contribution is 0.209. The lowest BCUT2D eigenvalue weighted by Crippen LogP contribution is -2.35. The van der Waals surface area contributed by atoms with E-state index in [4.69, 9.17) is 5.11 Å². The van der Waals surface area contributed by atoms with Crippen molar-refractivity contribution in [2.75, 3.05) is 25.2 Å². The highest BCUT2D eigenvalue weighted by atomic mass is 32.2. The zero-order valence-electron chi connectivity index (χ0n) is 7.63. The molecule has 2 unspecified atom stereocenters. The van der Waals surface area contributed by atoms with Crippen LogP contribution in [0.2, 0.25) is 0 Å². The van der Waals surface area contributed by atoms with Crippen LogP contribution in [0.5, 0.6) is 0 Å². The summed E-state index contributed by atoms with van der Waals surface area (Å²) in [4.78, 5) is 0. The van der Waals surface area contributed by atoms with E-state index in [0.717, 1.165) is 12.3 Å². The van der Waals surface area contributed by atoms with E-state index >= 15 is 0 Å². The Balaban J connectivity index is 3.28. The molecule has 0 saturated heterocycles. The number of aliphatic hydroxyl groups excluding tert-OH is 1. The number of thioether (sulfide) groups is 1. The fraction of sp³-hybridized carbons (Fsp3) is 1.00. The van der Waals surface area contributed by atoms with Crippen LogP contribution in [0.3, 0.4) is 0 Å². The summed E-state index contributed by atoms with van der Waals surface area (Å²) in [5, 5.41) is 12.2. The van der Waals surface area contributed by atoms with Gasteiger partial charge in [0.25, 0.3) is 0 Å². The Hall–Kier alpha value is 0.270. The first kappa shape index (κ1) is 11.3. The van der Waals surface area contributed by atoms with Gasteiger partial charge < -0.3 is 10.4 Å². The van der Waals surface area contributed by atoms with E-state index in [2.05, 4.69) is 25.4 Å². The van der Waals surface area contributed by atoms with Crippen molar-refractivity contribution in [3.8, 4) is 0 Å². The van der Waals surface area contributed by atoms with Crippen molar-refractivity contribution in [3.63, 3.8) is 0 Å². The second-order valence-electron chi connectivity index (χ2n) is 2.90. The molecule has 0 aromatic heterocycles. The van der Waals surface area contributed by atoms with Gasteiger partial charge in [0.15, 0.2) is 0 Å². The summed E-state index contributed by atoms with van der Waals surface area (Å²) < 4.78 is 0. The van der Waals surface area contributed by atoms with Gasteiger partial charge in [-0.2, -0.15) is 11.8 Å². The molecule has 0 saturated carbocycles.